The second-order valence-electron chi connectivity index (χ2n) is 7.70. The molecule has 0 atom stereocenters. The molecule has 4 rings (SSSR count). The molecule has 4 aromatic rings. The molecule has 9 nitrogen and oxygen atoms in total. The summed E-state index contributed by atoms with van der Waals surface area (Å²) in [7, 11) is -3.60. The Morgan fingerprint density at radius 2 is 1.89 bits per heavy atom. The molecule has 2 aromatic carbocycles. The minimum atomic E-state index is -3.60. The predicted octanol–water partition coefficient (Wildman–Crippen LogP) is 4.55. The Kier molecular flexibility index (Phi) is 7.16. The maximum absolute atomic E-state index is 12.9. The Labute approximate surface area is 208 Å². The number of nitrogens with one attached hydrogen (secondary N) is 1. The van der Waals surface area contributed by atoms with Crippen molar-refractivity contribution in [2.75, 3.05) is 18.8 Å². The summed E-state index contributed by atoms with van der Waals surface area (Å²) >= 11 is 1.27. The van der Waals surface area contributed by atoms with Gasteiger partial charge in [-0.1, -0.05) is 37.7 Å². The van der Waals surface area contributed by atoms with Crippen molar-refractivity contribution < 1.29 is 13.5 Å². The molecule has 11 heteroatoms. The van der Waals surface area contributed by atoms with E-state index in [-0.39, 0.29) is 22.0 Å². The molecule has 2 aromatic heterocycles. The summed E-state index contributed by atoms with van der Waals surface area (Å²) in [5.74, 6) is 0.298. The number of aryl methyl sites for hydroxylation is 1. The lowest BCUT2D eigenvalue weighted by Crippen LogP contribution is -2.30. The van der Waals surface area contributed by atoms with Crippen LogP contribution >= 0.6 is 11.8 Å². The normalized spacial score (nSPS) is 12.9. The maximum atomic E-state index is 12.9. The number of hydrogen-bond acceptors (Lipinski definition) is 7. The highest BCUT2D eigenvalue weighted by molar-refractivity contribution is 7.99. The number of H-pyrrole nitrogens is 1. The van der Waals surface area contributed by atoms with E-state index in [1.165, 1.54) is 16.1 Å². The standard InChI is InChI=1S/C24H26N6O3S2/c1-4-29(5-2)35(32,33)16-11-12-21-20(13-16)28-24(30(21)6-3)34-15-22(31)17(14-25)23-26-18-9-7-8-10-19(18)27-23/h7-13,31H,4-6,15H2,1-3H3,(H,26,27). The molecule has 0 fully saturated rings. The zero-order valence-electron chi connectivity index (χ0n) is 19.7. The number of sulfonamides is 1. The van der Waals surface area contributed by atoms with Gasteiger partial charge in [0.1, 0.15) is 17.4 Å². The molecule has 2 heterocycles. The smallest absolute Gasteiger partial charge is 0.243 e. The quantitative estimate of drug-likeness (QED) is 0.192. The van der Waals surface area contributed by atoms with Crippen LogP contribution < -0.4 is 0 Å². The van der Waals surface area contributed by atoms with Gasteiger partial charge in [0.15, 0.2) is 11.0 Å². The van der Waals surface area contributed by atoms with E-state index in [0.717, 1.165) is 11.0 Å². The number of aliphatic hydroxyl groups is 1. The van der Waals surface area contributed by atoms with Crippen LogP contribution in [-0.4, -0.2) is 56.2 Å². The first kappa shape index (κ1) is 24.8. The van der Waals surface area contributed by atoms with Crippen molar-refractivity contribution in [2.24, 2.45) is 0 Å². The van der Waals surface area contributed by atoms with Crippen molar-refractivity contribution in [2.45, 2.75) is 37.4 Å². The number of benzene rings is 2. The van der Waals surface area contributed by atoms with Crippen LogP contribution in [0.1, 0.15) is 26.6 Å². The first-order chi connectivity index (χ1) is 16.8. The van der Waals surface area contributed by atoms with Gasteiger partial charge >= 0.3 is 0 Å². The molecule has 0 saturated heterocycles. The number of imidazole rings is 2. The molecular weight excluding hydrogens is 484 g/mol. The Bertz CT molecular complexity index is 1530. The fraction of sp³-hybridized carbons (Fsp3) is 0.292. The SMILES string of the molecule is CCN(CC)S(=O)(=O)c1ccc2c(c1)nc(SCC(O)=C(C#N)c1nc3ccccc3[nH]1)n2CC. The van der Waals surface area contributed by atoms with Gasteiger partial charge in [0, 0.05) is 19.6 Å². The lowest BCUT2D eigenvalue weighted by Gasteiger charge is -2.18. The van der Waals surface area contributed by atoms with E-state index < -0.39 is 10.0 Å². The van der Waals surface area contributed by atoms with Gasteiger partial charge < -0.3 is 14.7 Å². The van der Waals surface area contributed by atoms with Gasteiger partial charge in [-0.15, -0.1) is 0 Å². The van der Waals surface area contributed by atoms with Gasteiger partial charge in [-0.25, -0.2) is 18.4 Å². The summed E-state index contributed by atoms with van der Waals surface area (Å²) in [4.78, 5) is 12.3. The summed E-state index contributed by atoms with van der Waals surface area (Å²) in [5, 5.41) is 21.0. The second kappa shape index (κ2) is 10.1. The Morgan fingerprint density at radius 1 is 1.14 bits per heavy atom. The summed E-state index contributed by atoms with van der Waals surface area (Å²) in [6.07, 6.45) is 0. The summed E-state index contributed by atoms with van der Waals surface area (Å²) < 4.78 is 29.2. The maximum Gasteiger partial charge on any atom is 0.243 e. The number of fused-ring (bicyclic) bond motifs is 2. The topological polar surface area (TPSA) is 128 Å². The van der Waals surface area contributed by atoms with Crippen molar-refractivity contribution in [3.05, 3.63) is 54.0 Å². The molecular formula is C24H26N6O3S2. The third-order valence-corrected chi connectivity index (χ3v) is 8.74. The van der Waals surface area contributed by atoms with Gasteiger partial charge in [-0.2, -0.15) is 9.57 Å². The van der Waals surface area contributed by atoms with Crippen molar-refractivity contribution in [1.82, 2.24) is 23.8 Å². The van der Waals surface area contributed by atoms with Crippen LogP contribution in [0.4, 0.5) is 0 Å². The van der Waals surface area contributed by atoms with Crippen LogP contribution in [0.15, 0.2) is 58.3 Å². The van der Waals surface area contributed by atoms with E-state index in [4.69, 9.17) is 0 Å². The molecule has 0 aliphatic rings. The van der Waals surface area contributed by atoms with E-state index in [1.807, 2.05) is 41.8 Å². The van der Waals surface area contributed by atoms with E-state index in [9.17, 15) is 18.8 Å². The minimum Gasteiger partial charge on any atom is -0.510 e. The molecule has 0 aliphatic carbocycles. The fourth-order valence-corrected chi connectivity index (χ4v) is 6.34. The lowest BCUT2D eigenvalue weighted by atomic mass is 10.2. The van der Waals surface area contributed by atoms with Crippen molar-refractivity contribution in [3.8, 4) is 6.07 Å². The molecule has 182 valence electrons. The molecule has 0 radical (unpaired) electrons. The number of nitriles is 1. The summed E-state index contributed by atoms with van der Waals surface area (Å²) in [5.41, 5.74) is 2.91. The highest BCUT2D eigenvalue weighted by atomic mass is 32.2. The Morgan fingerprint density at radius 3 is 2.54 bits per heavy atom. The van der Waals surface area contributed by atoms with Crippen LogP contribution in [-0.2, 0) is 16.6 Å². The van der Waals surface area contributed by atoms with Crippen LogP contribution in [0.3, 0.4) is 0 Å². The molecule has 0 amide bonds. The third-order valence-electron chi connectivity index (χ3n) is 5.71. The second-order valence-corrected chi connectivity index (χ2v) is 10.6. The average molecular weight is 511 g/mol. The van der Waals surface area contributed by atoms with Crippen LogP contribution in [0, 0.1) is 11.3 Å². The number of aromatic amines is 1. The van der Waals surface area contributed by atoms with E-state index in [0.29, 0.717) is 41.6 Å². The zero-order valence-corrected chi connectivity index (χ0v) is 21.3. The van der Waals surface area contributed by atoms with Gasteiger partial charge in [0.25, 0.3) is 0 Å². The predicted molar refractivity (Wildman–Crippen MR) is 137 cm³/mol. The van der Waals surface area contributed by atoms with Crippen LogP contribution in [0.5, 0.6) is 0 Å². The lowest BCUT2D eigenvalue weighted by molar-refractivity contribution is 0.420. The monoisotopic (exact) mass is 510 g/mol. The largest absolute Gasteiger partial charge is 0.510 e. The summed E-state index contributed by atoms with van der Waals surface area (Å²) in [6.45, 7) is 6.97. The van der Waals surface area contributed by atoms with E-state index in [1.54, 1.807) is 32.0 Å². The van der Waals surface area contributed by atoms with Crippen molar-refractivity contribution >= 4 is 49.4 Å². The van der Waals surface area contributed by atoms with E-state index >= 15 is 0 Å². The van der Waals surface area contributed by atoms with Crippen molar-refractivity contribution in [3.63, 3.8) is 0 Å². The molecule has 0 spiro atoms. The first-order valence-corrected chi connectivity index (χ1v) is 13.7. The number of aliphatic hydroxyl groups excluding tert-OH is 1. The number of allylic oxidation sites excluding steroid dienone is 1. The third kappa shape index (κ3) is 4.65. The van der Waals surface area contributed by atoms with E-state index in [2.05, 4.69) is 15.0 Å². The first-order valence-electron chi connectivity index (χ1n) is 11.2. The minimum absolute atomic E-state index is 0.0699. The highest BCUT2D eigenvalue weighted by Crippen LogP contribution is 2.29. The average Bonchev–Trinajstić information content (AvgIpc) is 3.44. The van der Waals surface area contributed by atoms with Gasteiger partial charge in [-0.3, -0.25) is 0 Å². The van der Waals surface area contributed by atoms with Crippen LogP contribution in [0.25, 0.3) is 27.6 Å². The number of aromatic nitrogens is 4. The van der Waals surface area contributed by atoms with Crippen LogP contribution in [0.2, 0.25) is 0 Å². The fourth-order valence-electron chi connectivity index (χ4n) is 3.91. The summed E-state index contributed by atoms with van der Waals surface area (Å²) in [6, 6.07) is 14.4. The highest BCUT2D eigenvalue weighted by Gasteiger charge is 2.23. The number of hydrogen-bond donors (Lipinski definition) is 2. The number of thioether (sulfide) groups is 1. The molecule has 2 N–H and O–H groups in total. The van der Waals surface area contributed by atoms with Gasteiger partial charge in [0.05, 0.1) is 32.7 Å². The zero-order chi connectivity index (χ0) is 25.2. The Hall–Kier alpha value is -3.33. The van der Waals surface area contributed by atoms with Crippen molar-refractivity contribution in [1.29, 1.82) is 5.26 Å². The number of rotatable bonds is 9. The van der Waals surface area contributed by atoms with Gasteiger partial charge in [-0.05, 0) is 37.3 Å². The molecule has 0 unspecified atom stereocenters. The molecule has 0 aliphatic heterocycles. The number of para-hydroxylation sites is 2. The molecule has 35 heavy (non-hydrogen) atoms. The van der Waals surface area contributed by atoms with Gasteiger partial charge in [0.2, 0.25) is 10.0 Å². The number of nitrogens with zero attached hydrogens (tertiary/aromatic N) is 5. The Balaban J connectivity index is 1.65. The molecule has 0 bridgehead atoms. The molecule has 0 saturated carbocycles.